The number of sulfone groups is 1. The Balaban J connectivity index is 0.00000484. The lowest BCUT2D eigenvalue weighted by Crippen LogP contribution is -2.39. The zero-order chi connectivity index (χ0) is 16.8. The molecule has 2 N–H and O–H groups in total. The molecule has 1 heterocycles. The molecule has 0 saturated carbocycles. The Hall–Kier alpha value is -0.840. The van der Waals surface area contributed by atoms with E-state index < -0.39 is 9.84 Å². The maximum absolute atomic E-state index is 11.4. The molecule has 23 heavy (non-hydrogen) atoms. The Labute approximate surface area is 155 Å². The van der Waals surface area contributed by atoms with E-state index in [1.165, 1.54) is 0 Å². The second-order valence-corrected chi connectivity index (χ2v) is 8.43. The van der Waals surface area contributed by atoms with Crippen molar-refractivity contribution in [1.29, 1.82) is 0 Å². The highest BCUT2D eigenvalue weighted by atomic mass is 127. The molecule has 1 aromatic rings. The SMILES string of the molecule is CCS(=O)(=O)CCNC(=NC)NCc1ncc(C(C)(C)C)o1.I. The van der Waals surface area contributed by atoms with Crippen LogP contribution >= 0.6 is 24.0 Å². The Kier molecular flexibility index (Phi) is 9.11. The zero-order valence-electron chi connectivity index (χ0n) is 14.3. The summed E-state index contributed by atoms with van der Waals surface area (Å²) in [5.41, 5.74) is -0.0836. The van der Waals surface area contributed by atoms with Crippen LogP contribution in [0.4, 0.5) is 0 Å². The van der Waals surface area contributed by atoms with Crippen molar-refractivity contribution in [2.45, 2.75) is 39.7 Å². The van der Waals surface area contributed by atoms with Gasteiger partial charge >= 0.3 is 0 Å². The first kappa shape index (κ1) is 22.2. The van der Waals surface area contributed by atoms with Crippen molar-refractivity contribution < 1.29 is 12.8 Å². The van der Waals surface area contributed by atoms with Crippen molar-refractivity contribution in [3.05, 3.63) is 17.8 Å². The van der Waals surface area contributed by atoms with Gasteiger partial charge in [-0.1, -0.05) is 27.7 Å². The summed E-state index contributed by atoms with van der Waals surface area (Å²) in [7, 11) is -1.35. The van der Waals surface area contributed by atoms with Gasteiger partial charge in [0.2, 0.25) is 5.89 Å². The molecule has 0 bridgehead atoms. The van der Waals surface area contributed by atoms with Crippen LogP contribution < -0.4 is 10.6 Å². The molecule has 134 valence electrons. The van der Waals surface area contributed by atoms with Crippen LogP contribution in [0.15, 0.2) is 15.6 Å². The minimum absolute atomic E-state index is 0. The lowest BCUT2D eigenvalue weighted by molar-refractivity contribution is 0.379. The minimum atomic E-state index is -2.98. The number of guanidine groups is 1. The zero-order valence-corrected chi connectivity index (χ0v) is 17.5. The number of hydrogen-bond acceptors (Lipinski definition) is 5. The fourth-order valence-corrected chi connectivity index (χ4v) is 2.29. The summed E-state index contributed by atoms with van der Waals surface area (Å²) in [5.74, 6) is 2.13. The Morgan fingerprint density at radius 1 is 1.35 bits per heavy atom. The molecule has 0 saturated heterocycles. The van der Waals surface area contributed by atoms with Crippen molar-refractivity contribution in [2.75, 3.05) is 25.1 Å². The average molecular weight is 458 g/mol. The van der Waals surface area contributed by atoms with E-state index >= 15 is 0 Å². The van der Waals surface area contributed by atoms with E-state index in [1.807, 2.05) is 0 Å². The molecule has 0 unspecified atom stereocenters. The van der Waals surface area contributed by atoms with E-state index in [4.69, 9.17) is 4.42 Å². The summed E-state index contributed by atoms with van der Waals surface area (Å²) in [6, 6.07) is 0. The average Bonchev–Trinajstić information content (AvgIpc) is 2.91. The molecule has 7 nitrogen and oxygen atoms in total. The number of aliphatic imine (C=N–C) groups is 1. The second-order valence-electron chi connectivity index (χ2n) is 5.96. The van der Waals surface area contributed by atoms with Gasteiger partial charge in [-0.15, -0.1) is 24.0 Å². The monoisotopic (exact) mass is 458 g/mol. The summed E-state index contributed by atoms with van der Waals surface area (Å²) >= 11 is 0. The van der Waals surface area contributed by atoms with Gasteiger partial charge in [0, 0.05) is 24.8 Å². The van der Waals surface area contributed by atoms with E-state index in [1.54, 1.807) is 20.2 Å². The van der Waals surface area contributed by atoms with E-state index in [0.29, 0.717) is 24.9 Å². The van der Waals surface area contributed by atoms with E-state index in [0.717, 1.165) is 5.76 Å². The predicted molar refractivity (Wildman–Crippen MR) is 103 cm³/mol. The minimum Gasteiger partial charge on any atom is -0.443 e. The predicted octanol–water partition coefficient (Wildman–Crippen LogP) is 1.69. The number of aromatic nitrogens is 1. The fourth-order valence-electron chi connectivity index (χ4n) is 1.59. The number of rotatable bonds is 6. The summed E-state index contributed by atoms with van der Waals surface area (Å²) in [6.45, 7) is 8.50. The van der Waals surface area contributed by atoms with Crippen LogP contribution in [0.1, 0.15) is 39.3 Å². The molecule has 0 fully saturated rings. The molecule has 1 rings (SSSR count). The first-order valence-electron chi connectivity index (χ1n) is 7.28. The summed E-state index contributed by atoms with van der Waals surface area (Å²) in [5, 5.41) is 6.00. The summed E-state index contributed by atoms with van der Waals surface area (Å²) in [4.78, 5) is 8.25. The highest BCUT2D eigenvalue weighted by molar-refractivity contribution is 14.0. The Morgan fingerprint density at radius 3 is 2.48 bits per heavy atom. The Bertz CT molecular complexity index is 606. The smallest absolute Gasteiger partial charge is 0.213 e. The molecule has 9 heteroatoms. The van der Waals surface area contributed by atoms with Crippen LogP contribution in [0.25, 0.3) is 0 Å². The standard InChI is InChI=1S/C14H26N4O3S.HI/c1-6-22(19,20)8-7-16-13(15-5)18-10-12-17-9-11(21-12)14(2,3)4;/h9H,6-8,10H2,1-5H3,(H2,15,16,18);1H. The maximum atomic E-state index is 11.4. The lowest BCUT2D eigenvalue weighted by Gasteiger charge is -2.13. The number of oxazole rings is 1. The van der Waals surface area contributed by atoms with Gasteiger partial charge in [-0.2, -0.15) is 0 Å². The third kappa shape index (κ3) is 8.00. The molecule has 0 aromatic carbocycles. The first-order chi connectivity index (χ1) is 10.2. The molecule has 0 aliphatic carbocycles. The number of nitrogens with one attached hydrogen (secondary N) is 2. The van der Waals surface area contributed by atoms with Crippen molar-refractivity contribution in [2.24, 2.45) is 4.99 Å². The van der Waals surface area contributed by atoms with Crippen LogP contribution in [0, 0.1) is 0 Å². The van der Waals surface area contributed by atoms with Crippen molar-refractivity contribution in [3.8, 4) is 0 Å². The van der Waals surface area contributed by atoms with Crippen LogP contribution in [0.3, 0.4) is 0 Å². The highest BCUT2D eigenvalue weighted by Gasteiger charge is 2.19. The normalized spacial score (nSPS) is 12.7. The number of nitrogens with zero attached hydrogens (tertiary/aromatic N) is 2. The molecule has 0 aliphatic rings. The second kappa shape index (κ2) is 9.45. The molecule has 0 aliphatic heterocycles. The highest BCUT2D eigenvalue weighted by Crippen LogP contribution is 2.22. The van der Waals surface area contributed by atoms with Gasteiger partial charge in [-0.3, -0.25) is 4.99 Å². The Morgan fingerprint density at radius 2 is 2.00 bits per heavy atom. The van der Waals surface area contributed by atoms with Gasteiger partial charge < -0.3 is 15.1 Å². The first-order valence-corrected chi connectivity index (χ1v) is 9.10. The lowest BCUT2D eigenvalue weighted by atomic mass is 9.94. The molecular formula is C14H27IN4O3S. The topological polar surface area (TPSA) is 96.6 Å². The van der Waals surface area contributed by atoms with Crippen LogP contribution in [-0.2, 0) is 21.8 Å². The van der Waals surface area contributed by atoms with Crippen molar-refractivity contribution in [3.63, 3.8) is 0 Å². The van der Waals surface area contributed by atoms with Gasteiger partial charge in [0.1, 0.15) is 5.76 Å². The van der Waals surface area contributed by atoms with E-state index in [9.17, 15) is 8.42 Å². The third-order valence-corrected chi connectivity index (χ3v) is 4.77. The molecule has 0 radical (unpaired) electrons. The van der Waals surface area contributed by atoms with Gasteiger partial charge in [-0.05, 0) is 0 Å². The molecular weight excluding hydrogens is 431 g/mol. The molecule has 0 atom stereocenters. The summed E-state index contributed by atoms with van der Waals surface area (Å²) < 4.78 is 28.5. The van der Waals surface area contributed by atoms with E-state index in [-0.39, 0.29) is 40.9 Å². The van der Waals surface area contributed by atoms with Crippen LogP contribution in [-0.4, -0.2) is 44.5 Å². The molecule has 0 amide bonds. The van der Waals surface area contributed by atoms with Crippen molar-refractivity contribution >= 4 is 39.8 Å². The maximum Gasteiger partial charge on any atom is 0.213 e. The van der Waals surface area contributed by atoms with Crippen LogP contribution in [0.2, 0.25) is 0 Å². The third-order valence-electron chi connectivity index (χ3n) is 3.07. The summed E-state index contributed by atoms with van der Waals surface area (Å²) in [6.07, 6.45) is 1.72. The van der Waals surface area contributed by atoms with Gasteiger partial charge in [-0.25, -0.2) is 13.4 Å². The molecule has 1 aromatic heterocycles. The van der Waals surface area contributed by atoms with Gasteiger partial charge in [0.15, 0.2) is 15.8 Å². The fraction of sp³-hybridized carbons (Fsp3) is 0.714. The molecule has 0 spiro atoms. The van der Waals surface area contributed by atoms with Gasteiger partial charge in [0.25, 0.3) is 0 Å². The largest absolute Gasteiger partial charge is 0.443 e. The number of hydrogen-bond donors (Lipinski definition) is 2. The van der Waals surface area contributed by atoms with Crippen LogP contribution in [0.5, 0.6) is 0 Å². The van der Waals surface area contributed by atoms with E-state index in [2.05, 4.69) is 41.4 Å². The van der Waals surface area contributed by atoms with Crippen molar-refractivity contribution in [1.82, 2.24) is 15.6 Å². The quantitative estimate of drug-likeness (QED) is 0.383. The van der Waals surface area contributed by atoms with Gasteiger partial charge in [0.05, 0.1) is 18.5 Å². The number of halogens is 1.